The van der Waals surface area contributed by atoms with Crippen molar-refractivity contribution in [2.75, 3.05) is 62.4 Å². The van der Waals surface area contributed by atoms with Gasteiger partial charge in [0.25, 0.3) is 5.82 Å². The molecule has 0 aliphatic rings. The summed E-state index contributed by atoms with van der Waals surface area (Å²) < 4.78 is 0. The number of nitriles is 1. The topological polar surface area (TPSA) is 141 Å². The molecule has 10 nitrogen and oxygen atoms in total. The molecule has 0 aliphatic carbocycles. The van der Waals surface area contributed by atoms with Gasteiger partial charge < -0.3 is 35.1 Å². The molecule has 0 spiro atoms. The molecule has 0 bridgehead atoms. The van der Waals surface area contributed by atoms with E-state index in [0.29, 0.717) is 0 Å². The van der Waals surface area contributed by atoms with Gasteiger partial charge in [-0.15, -0.1) is 0 Å². The van der Waals surface area contributed by atoms with E-state index in [1.165, 1.54) is 9.80 Å². The fourth-order valence-corrected chi connectivity index (χ4v) is 2.12. The standard InChI is InChI=1S/C14H20N6O4/c1-16-12-14(20(4-8-23)5-9-24)17-11(10-15)13(18-12)19(2-6-21)3-7-22/h21-24H,2-9H2. The molecule has 0 atom stereocenters. The van der Waals surface area contributed by atoms with Gasteiger partial charge in [-0.25, -0.2) is 4.98 Å². The third kappa shape index (κ3) is 4.75. The summed E-state index contributed by atoms with van der Waals surface area (Å²) in [5.74, 6) is 0.108. The van der Waals surface area contributed by atoms with Gasteiger partial charge in [-0.05, 0) is 0 Å². The second kappa shape index (κ2) is 10.3. The van der Waals surface area contributed by atoms with Gasteiger partial charge in [-0.3, -0.25) is 0 Å². The Hall–Kier alpha value is -2.50. The minimum atomic E-state index is -0.219. The van der Waals surface area contributed by atoms with Crippen molar-refractivity contribution in [3.8, 4) is 6.07 Å². The third-order valence-corrected chi connectivity index (χ3v) is 3.13. The van der Waals surface area contributed by atoms with Crippen molar-refractivity contribution >= 4 is 17.5 Å². The maximum Gasteiger partial charge on any atom is 0.314 e. The summed E-state index contributed by atoms with van der Waals surface area (Å²) in [6, 6.07) is 1.89. The van der Waals surface area contributed by atoms with Crippen LogP contribution in [0, 0.1) is 17.9 Å². The number of aliphatic hydroxyl groups excluding tert-OH is 4. The first-order valence-electron chi connectivity index (χ1n) is 7.29. The molecule has 0 aromatic carbocycles. The van der Waals surface area contributed by atoms with Gasteiger partial charge in [0, 0.05) is 26.2 Å². The maximum absolute atomic E-state index is 9.33. The van der Waals surface area contributed by atoms with E-state index < -0.39 is 0 Å². The molecule has 0 radical (unpaired) electrons. The van der Waals surface area contributed by atoms with E-state index in [-0.39, 0.29) is 75.8 Å². The molecular weight excluding hydrogens is 316 g/mol. The van der Waals surface area contributed by atoms with Gasteiger partial charge in [0.1, 0.15) is 6.07 Å². The highest BCUT2D eigenvalue weighted by molar-refractivity contribution is 5.68. The van der Waals surface area contributed by atoms with Crippen molar-refractivity contribution < 1.29 is 20.4 Å². The van der Waals surface area contributed by atoms with E-state index in [9.17, 15) is 5.26 Å². The van der Waals surface area contributed by atoms with Crippen molar-refractivity contribution in [1.29, 1.82) is 5.26 Å². The van der Waals surface area contributed by atoms with Crippen LogP contribution in [0.4, 0.5) is 17.5 Å². The van der Waals surface area contributed by atoms with Gasteiger partial charge in [-0.1, -0.05) is 11.6 Å². The van der Waals surface area contributed by atoms with E-state index in [4.69, 9.17) is 27.0 Å². The first kappa shape index (κ1) is 19.5. The van der Waals surface area contributed by atoms with Crippen LogP contribution >= 0.6 is 0 Å². The summed E-state index contributed by atoms with van der Waals surface area (Å²) in [6.45, 7) is 6.90. The normalized spacial score (nSPS) is 10.1. The Labute approximate surface area is 139 Å². The molecule has 0 saturated carbocycles. The van der Waals surface area contributed by atoms with Crippen LogP contribution in [0.5, 0.6) is 0 Å². The quantitative estimate of drug-likeness (QED) is 0.375. The minimum absolute atomic E-state index is 0.0693. The fourth-order valence-electron chi connectivity index (χ4n) is 2.12. The predicted octanol–water partition coefficient (Wildman–Crippen LogP) is -1.52. The summed E-state index contributed by atoms with van der Waals surface area (Å²) in [5, 5.41) is 45.8. The Morgan fingerprint density at radius 3 is 1.71 bits per heavy atom. The smallest absolute Gasteiger partial charge is 0.314 e. The molecule has 1 heterocycles. The summed E-state index contributed by atoms with van der Waals surface area (Å²) >= 11 is 0. The van der Waals surface area contributed by atoms with E-state index in [0.717, 1.165) is 0 Å². The Morgan fingerprint density at radius 2 is 1.33 bits per heavy atom. The van der Waals surface area contributed by atoms with Crippen molar-refractivity contribution in [3.63, 3.8) is 0 Å². The van der Waals surface area contributed by atoms with Crippen LogP contribution in [-0.2, 0) is 0 Å². The largest absolute Gasteiger partial charge is 0.395 e. The Bertz CT molecular complexity index is 547. The van der Waals surface area contributed by atoms with Crippen molar-refractivity contribution in [3.05, 3.63) is 17.1 Å². The zero-order chi connectivity index (χ0) is 17.9. The van der Waals surface area contributed by atoms with Gasteiger partial charge in [0.05, 0.1) is 26.4 Å². The fraction of sp³-hybridized carbons (Fsp3) is 0.571. The Kier molecular flexibility index (Phi) is 8.39. The molecule has 1 aromatic rings. The van der Waals surface area contributed by atoms with E-state index >= 15 is 0 Å². The average Bonchev–Trinajstić information content (AvgIpc) is 2.60. The van der Waals surface area contributed by atoms with Crippen LogP contribution in [-0.4, -0.2) is 83.0 Å². The van der Waals surface area contributed by atoms with Gasteiger partial charge in [0.2, 0.25) is 5.69 Å². The highest BCUT2D eigenvalue weighted by Gasteiger charge is 2.24. The average molecular weight is 336 g/mol. The number of aliphatic hydroxyl groups is 4. The Morgan fingerprint density at radius 1 is 0.875 bits per heavy atom. The zero-order valence-corrected chi connectivity index (χ0v) is 13.1. The summed E-state index contributed by atoms with van der Waals surface area (Å²) in [7, 11) is 0. The number of hydrogen-bond acceptors (Lipinski definition) is 9. The molecule has 0 amide bonds. The number of hydrogen-bond donors (Lipinski definition) is 4. The van der Waals surface area contributed by atoms with E-state index in [1.807, 2.05) is 6.07 Å². The van der Waals surface area contributed by atoms with Crippen molar-refractivity contribution in [1.82, 2.24) is 9.97 Å². The van der Waals surface area contributed by atoms with Crippen LogP contribution in [0.15, 0.2) is 0 Å². The summed E-state index contributed by atoms with van der Waals surface area (Å²) in [4.78, 5) is 14.5. The molecule has 24 heavy (non-hydrogen) atoms. The highest BCUT2D eigenvalue weighted by Crippen LogP contribution is 2.29. The predicted molar refractivity (Wildman–Crippen MR) is 85.8 cm³/mol. The van der Waals surface area contributed by atoms with Crippen molar-refractivity contribution in [2.45, 2.75) is 0 Å². The molecule has 0 unspecified atom stereocenters. The number of rotatable bonds is 10. The van der Waals surface area contributed by atoms with Gasteiger partial charge in [-0.2, -0.15) is 5.26 Å². The number of anilines is 2. The lowest BCUT2D eigenvalue weighted by atomic mass is 10.3. The summed E-state index contributed by atoms with van der Waals surface area (Å²) in [6.07, 6.45) is 0. The van der Waals surface area contributed by atoms with Crippen LogP contribution in [0.25, 0.3) is 4.85 Å². The maximum atomic E-state index is 9.33. The lowest BCUT2D eigenvalue weighted by molar-refractivity contribution is 0.279. The number of aromatic nitrogens is 2. The second-order valence-electron chi connectivity index (χ2n) is 4.64. The Balaban J connectivity index is 3.40. The molecule has 1 rings (SSSR count). The molecule has 130 valence electrons. The lowest BCUT2D eigenvalue weighted by Gasteiger charge is -2.25. The molecule has 1 aromatic heterocycles. The molecular formula is C14H20N6O4. The van der Waals surface area contributed by atoms with Crippen LogP contribution in [0.1, 0.15) is 5.69 Å². The van der Waals surface area contributed by atoms with Crippen LogP contribution in [0.2, 0.25) is 0 Å². The second-order valence-corrected chi connectivity index (χ2v) is 4.64. The first-order valence-corrected chi connectivity index (χ1v) is 7.29. The summed E-state index contributed by atoms with van der Waals surface area (Å²) in [5.41, 5.74) is -0.0693. The van der Waals surface area contributed by atoms with Gasteiger partial charge >= 0.3 is 5.82 Å². The van der Waals surface area contributed by atoms with Crippen LogP contribution < -0.4 is 9.80 Å². The SMILES string of the molecule is [C-]#[N+]c1nc(N(CCO)CCO)c(C#N)nc1N(CCO)CCO. The molecule has 0 aliphatic heterocycles. The monoisotopic (exact) mass is 336 g/mol. The minimum Gasteiger partial charge on any atom is -0.395 e. The highest BCUT2D eigenvalue weighted by atomic mass is 16.3. The third-order valence-electron chi connectivity index (χ3n) is 3.13. The molecule has 4 N–H and O–H groups in total. The van der Waals surface area contributed by atoms with E-state index in [1.54, 1.807) is 0 Å². The van der Waals surface area contributed by atoms with Crippen molar-refractivity contribution in [2.24, 2.45) is 0 Å². The molecule has 10 heteroatoms. The lowest BCUT2D eigenvalue weighted by Crippen LogP contribution is -2.33. The van der Waals surface area contributed by atoms with Crippen LogP contribution in [0.3, 0.4) is 0 Å². The zero-order valence-electron chi connectivity index (χ0n) is 13.1. The number of nitrogens with zero attached hydrogens (tertiary/aromatic N) is 6. The van der Waals surface area contributed by atoms with Gasteiger partial charge in [0.15, 0.2) is 5.82 Å². The van der Waals surface area contributed by atoms with E-state index in [2.05, 4.69) is 14.8 Å². The first-order chi connectivity index (χ1) is 11.7. The molecule has 0 saturated heterocycles. The molecule has 0 fully saturated rings.